The van der Waals surface area contributed by atoms with Gasteiger partial charge in [0, 0.05) is 17.1 Å². The largest absolute Gasteiger partial charge is 0.457 e. The number of halogens is 1. The summed E-state index contributed by atoms with van der Waals surface area (Å²) in [6.45, 7) is 5.41. The lowest BCUT2D eigenvalue weighted by Crippen LogP contribution is -2.47. The maximum absolute atomic E-state index is 6.63. The van der Waals surface area contributed by atoms with Crippen molar-refractivity contribution in [3.8, 4) is 11.5 Å². The smallest absolute Gasteiger partial charge is 0.127 e. The Balaban J connectivity index is 1.60. The first kappa shape index (κ1) is 24.3. The van der Waals surface area contributed by atoms with Crippen molar-refractivity contribution in [3.63, 3.8) is 0 Å². The predicted molar refractivity (Wildman–Crippen MR) is 136 cm³/mol. The third-order valence-corrected chi connectivity index (χ3v) is 5.81. The first-order valence-corrected chi connectivity index (χ1v) is 11.9. The molecule has 0 saturated carbocycles. The van der Waals surface area contributed by atoms with Gasteiger partial charge in [-0.1, -0.05) is 67.9 Å². The first-order chi connectivity index (χ1) is 15.5. The molecule has 3 rings (SSSR count). The summed E-state index contributed by atoms with van der Waals surface area (Å²) >= 11 is 5.98. The van der Waals surface area contributed by atoms with Crippen molar-refractivity contribution < 1.29 is 4.74 Å². The summed E-state index contributed by atoms with van der Waals surface area (Å²) in [6.07, 6.45) is 4.04. The Morgan fingerprint density at radius 1 is 0.875 bits per heavy atom. The highest BCUT2D eigenvalue weighted by atomic mass is 35.5. The molecule has 3 aromatic rings. The molecule has 0 saturated heterocycles. The zero-order chi connectivity index (χ0) is 22.8. The second-order valence-corrected chi connectivity index (χ2v) is 9.29. The van der Waals surface area contributed by atoms with Crippen LogP contribution in [0.2, 0.25) is 5.02 Å². The van der Waals surface area contributed by atoms with Crippen LogP contribution in [0.1, 0.15) is 37.8 Å². The summed E-state index contributed by atoms with van der Waals surface area (Å²) in [4.78, 5) is 0. The van der Waals surface area contributed by atoms with E-state index in [1.54, 1.807) is 0 Å². The van der Waals surface area contributed by atoms with Gasteiger partial charge in [-0.2, -0.15) is 0 Å². The van der Waals surface area contributed by atoms with E-state index < -0.39 is 0 Å². The average Bonchev–Trinajstić information content (AvgIpc) is 2.78. The predicted octanol–water partition coefficient (Wildman–Crippen LogP) is 6.64. The minimum atomic E-state index is 0.104. The van der Waals surface area contributed by atoms with E-state index in [0.717, 1.165) is 43.7 Å². The lowest BCUT2D eigenvalue weighted by molar-refractivity contribution is 0.371. The summed E-state index contributed by atoms with van der Waals surface area (Å²) in [7, 11) is 0. The second-order valence-electron chi connectivity index (χ2n) is 8.85. The molecule has 0 bridgehead atoms. The number of nitrogens with two attached hydrogens (primary N) is 1. The van der Waals surface area contributed by atoms with Crippen LogP contribution in [0.4, 0.5) is 0 Å². The van der Waals surface area contributed by atoms with Gasteiger partial charge >= 0.3 is 0 Å². The van der Waals surface area contributed by atoms with Crippen molar-refractivity contribution in [1.82, 2.24) is 5.32 Å². The van der Waals surface area contributed by atoms with Crippen LogP contribution in [0.3, 0.4) is 0 Å². The molecular weight excluding hydrogens is 416 g/mol. The van der Waals surface area contributed by atoms with Gasteiger partial charge in [-0.3, -0.25) is 0 Å². The van der Waals surface area contributed by atoms with Crippen molar-refractivity contribution in [1.29, 1.82) is 0 Å². The number of nitrogens with one attached hydrogen (secondary N) is 1. The molecule has 4 heteroatoms. The van der Waals surface area contributed by atoms with E-state index in [-0.39, 0.29) is 12.1 Å². The Morgan fingerprint density at radius 2 is 1.59 bits per heavy atom. The van der Waals surface area contributed by atoms with Gasteiger partial charge in [0.1, 0.15) is 11.5 Å². The monoisotopic (exact) mass is 450 g/mol. The van der Waals surface area contributed by atoms with Crippen LogP contribution in [0.15, 0.2) is 78.9 Å². The molecule has 3 nitrogen and oxygen atoms in total. The summed E-state index contributed by atoms with van der Waals surface area (Å²) in [5.41, 5.74) is 9.23. The molecule has 0 heterocycles. The topological polar surface area (TPSA) is 47.3 Å². The number of benzene rings is 3. The fraction of sp³-hybridized carbons (Fsp3) is 0.357. The van der Waals surface area contributed by atoms with Crippen molar-refractivity contribution >= 4 is 11.6 Å². The van der Waals surface area contributed by atoms with Crippen molar-refractivity contribution in [2.24, 2.45) is 11.7 Å². The molecule has 0 aromatic heterocycles. The second kappa shape index (κ2) is 12.6. The molecule has 0 aliphatic rings. The standard InChI is InChI=1S/C28H35ClN2O/c1-21(2)18-27(30)28(31-17-7-11-22-8-4-3-5-9-22)20-23-10-6-12-26(19-23)32-25-15-13-24(29)14-16-25/h3-6,8-10,12-16,19,21,27-28,31H,7,11,17-18,20,30H2,1-2H3. The maximum Gasteiger partial charge on any atom is 0.127 e. The Kier molecular flexibility index (Phi) is 9.61. The molecule has 0 fully saturated rings. The van der Waals surface area contributed by atoms with Gasteiger partial charge in [-0.15, -0.1) is 0 Å². The third kappa shape index (κ3) is 8.31. The van der Waals surface area contributed by atoms with Gasteiger partial charge in [0.05, 0.1) is 0 Å². The fourth-order valence-corrected chi connectivity index (χ4v) is 4.06. The number of rotatable bonds is 12. The molecule has 0 aliphatic heterocycles. The number of aryl methyl sites for hydroxylation is 1. The van der Waals surface area contributed by atoms with Crippen molar-refractivity contribution in [2.75, 3.05) is 6.54 Å². The van der Waals surface area contributed by atoms with E-state index >= 15 is 0 Å². The number of hydrogen-bond acceptors (Lipinski definition) is 3. The summed E-state index contributed by atoms with van der Waals surface area (Å²) in [6, 6.07) is 26.7. The first-order valence-electron chi connectivity index (χ1n) is 11.5. The van der Waals surface area contributed by atoms with Gasteiger partial charge in [0.15, 0.2) is 0 Å². The van der Waals surface area contributed by atoms with Crippen LogP contribution in [0.25, 0.3) is 0 Å². The Bertz CT molecular complexity index is 928. The van der Waals surface area contributed by atoms with Gasteiger partial charge in [0.2, 0.25) is 0 Å². The van der Waals surface area contributed by atoms with Gasteiger partial charge in [-0.05, 0) is 85.7 Å². The zero-order valence-corrected chi connectivity index (χ0v) is 19.9. The molecule has 0 spiro atoms. The molecule has 3 aromatic carbocycles. The van der Waals surface area contributed by atoms with E-state index in [0.29, 0.717) is 10.9 Å². The van der Waals surface area contributed by atoms with Crippen LogP contribution >= 0.6 is 11.6 Å². The number of ether oxygens (including phenoxy) is 1. The maximum atomic E-state index is 6.63. The highest BCUT2D eigenvalue weighted by molar-refractivity contribution is 6.30. The fourth-order valence-electron chi connectivity index (χ4n) is 3.94. The van der Waals surface area contributed by atoms with Gasteiger partial charge in [0.25, 0.3) is 0 Å². The Morgan fingerprint density at radius 3 is 2.31 bits per heavy atom. The molecule has 2 atom stereocenters. The quantitative estimate of drug-likeness (QED) is 0.304. The highest BCUT2D eigenvalue weighted by Crippen LogP contribution is 2.24. The Labute approximate surface area is 198 Å². The molecular formula is C28H35ClN2O. The van der Waals surface area contributed by atoms with Crippen LogP contribution in [-0.2, 0) is 12.8 Å². The van der Waals surface area contributed by atoms with E-state index in [1.165, 1.54) is 11.1 Å². The van der Waals surface area contributed by atoms with Gasteiger partial charge < -0.3 is 15.8 Å². The van der Waals surface area contributed by atoms with Crippen LogP contribution in [0, 0.1) is 5.92 Å². The van der Waals surface area contributed by atoms with Gasteiger partial charge in [-0.25, -0.2) is 0 Å². The lowest BCUT2D eigenvalue weighted by Gasteiger charge is -2.27. The lowest BCUT2D eigenvalue weighted by atomic mass is 9.93. The molecule has 32 heavy (non-hydrogen) atoms. The van der Waals surface area contributed by atoms with Crippen molar-refractivity contribution in [2.45, 2.75) is 51.6 Å². The average molecular weight is 451 g/mol. The zero-order valence-electron chi connectivity index (χ0n) is 19.1. The van der Waals surface area contributed by atoms with E-state index in [4.69, 9.17) is 22.1 Å². The number of hydrogen-bond donors (Lipinski definition) is 2. The summed E-state index contributed by atoms with van der Waals surface area (Å²) in [5, 5.41) is 4.44. The summed E-state index contributed by atoms with van der Waals surface area (Å²) in [5.74, 6) is 2.17. The molecule has 0 radical (unpaired) electrons. The summed E-state index contributed by atoms with van der Waals surface area (Å²) < 4.78 is 6.02. The molecule has 170 valence electrons. The highest BCUT2D eigenvalue weighted by Gasteiger charge is 2.19. The molecule has 0 amide bonds. The van der Waals surface area contributed by atoms with Crippen LogP contribution in [-0.4, -0.2) is 18.6 Å². The molecule has 2 unspecified atom stereocenters. The molecule has 0 aliphatic carbocycles. The van der Waals surface area contributed by atoms with E-state index in [2.05, 4.69) is 61.6 Å². The Hall–Kier alpha value is -2.33. The van der Waals surface area contributed by atoms with E-state index in [9.17, 15) is 0 Å². The van der Waals surface area contributed by atoms with Crippen LogP contribution in [0.5, 0.6) is 11.5 Å². The minimum Gasteiger partial charge on any atom is -0.457 e. The third-order valence-electron chi connectivity index (χ3n) is 5.56. The normalized spacial score (nSPS) is 13.2. The van der Waals surface area contributed by atoms with Crippen LogP contribution < -0.4 is 15.8 Å². The SMILES string of the molecule is CC(C)CC(N)C(Cc1cccc(Oc2ccc(Cl)cc2)c1)NCCCc1ccccc1. The van der Waals surface area contributed by atoms with E-state index in [1.807, 2.05) is 36.4 Å². The minimum absolute atomic E-state index is 0.104. The molecule has 3 N–H and O–H groups in total. The van der Waals surface area contributed by atoms with Crippen molar-refractivity contribution in [3.05, 3.63) is 95.0 Å².